The van der Waals surface area contributed by atoms with Crippen molar-refractivity contribution in [3.63, 3.8) is 0 Å². The molecule has 0 saturated heterocycles. The topological polar surface area (TPSA) is 72.7 Å². The van der Waals surface area contributed by atoms with Gasteiger partial charge in [-0.05, 0) is 28.8 Å². The number of nitrogens with zero attached hydrogens (tertiary/aromatic N) is 4. The molecule has 1 aromatic heterocycles. The second-order valence-electron chi connectivity index (χ2n) is 5.80. The number of hydrogen-bond acceptors (Lipinski definition) is 4. The smallest absolute Gasteiger partial charge is 0.249 e. The zero-order valence-electron chi connectivity index (χ0n) is 12.6. The minimum Gasteiger partial charge on any atom is -0.351 e. The van der Waals surface area contributed by atoms with E-state index in [-0.39, 0.29) is 11.9 Å². The number of benzene rings is 1. The molecule has 0 radical (unpaired) electrons. The summed E-state index contributed by atoms with van der Waals surface area (Å²) in [4.78, 5) is 12.8. The minimum absolute atomic E-state index is 0.0367. The Balaban J connectivity index is 1.78. The van der Waals surface area contributed by atoms with E-state index in [1.54, 1.807) is 0 Å². The van der Waals surface area contributed by atoms with E-state index in [0.717, 1.165) is 18.4 Å². The summed E-state index contributed by atoms with van der Waals surface area (Å²) in [6.45, 7) is 0. The Morgan fingerprint density at radius 3 is 2.50 bits per heavy atom. The molecular weight excluding hydrogens is 278 g/mol. The molecule has 1 saturated carbocycles. The fourth-order valence-electron chi connectivity index (χ4n) is 3.05. The summed E-state index contributed by atoms with van der Waals surface area (Å²) >= 11 is 0. The highest BCUT2D eigenvalue weighted by Crippen LogP contribution is 2.20. The van der Waals surface area contributed by atoms with Gasteiger partial charge in [0, 0.05) is 6.04 Å². The van der Waals surface area contributed by atoms with Crippen molar-refractivity contribution < 1.29 is 4.79 Å². The van der Waals surface area contributed by atoms with Gasteiger partial charge in [-0.1, -0.05) is 56.0 Å². The number of tetrazole rings is 1. The molecule has 1 N–H and O–H groups in total. The highest BCUT2D eigenvalue weighted by Gasteiger charge is 2.26. The maximum Gasteiger partial charge on any atom is 0.249 e. The van der Waals surface area contributed by atoms with Gasteiger partial charge in [-0.3, -0.25) is 4.79 Å². The van der Waals surface area contributed by atoms with Gasteiger partial charge >= 0.3 is 0 Å². The van der Waals surface area contributed by atoms with E-state index >= 15 is 0 Å². The first kappa shape index (κ1) is 14.7. The van der Waals surface area contributed by atoms with Gasteiger partial charge in [-0.15, -0.1) is 5.10 Å². The molecule has 22 heavy (non-hydrogen) atoms. The predicted molar refractivity (Wildman–Crippen MR) is 82.0 cm³/mol. The maximum absolute atomic E-state index is 12.8. The lowest BCUT2D eigenvalue weighted by atomic mass is 10.0. The van der Waals surface area contributed by atoms with Crippen LogP contribution in [-0.2, 0) is 4.79 Å². The average molecular weight is 299 g/mol. The fraction of sp³-hybridized carbons (Fsp3) is 0.500. The monoisotopic (exact) mass is 299 g/mol. The Bertz CT molecular complexity index is 576. The molecule has 116 valence electrons. The van der Waals surface area contributed by atoms with Crippen LogP contribution in [0.2, 0.25) is 0 Å². The Morgan fingerprint density at radius 2 is 1.86 bits per heavy atom. The number of rotatable bonds is 4. The van der Waals surface area contributed by atoms with Crippen molar-refractivity contribution >= 4 is 5.91 Å². The molecule has 1 aliphatic rings. The van der Waals surface area contributed by atoms with Gasteiger partial charge < -0.3 is 5.32 Å². The molecule has 0 bridgehead atoms. The molecule has 1 aromatic carbocycles. The summed E-state index contributed by atoms with van der Waals surface area (Å²) in [6, 6.07) is 9.38. The van der Waals surface area contributed by atoms with Crippen LogP contribution in [0.4, 0.5) is 0 Å². The predicted octanol–water partition coefficient (Wildman–Crippen LogP) is 2.10. The zero-order valence-corrected chi connectivity index (χ0v) is 12.6. The molecular formula is C16H21N5O. The standard InChI is InChI=1S/C16H21N5O/c22-16(18-14-10-6-1-2-7-11-14)15(21-12-17-19-20-21)13-8-4-3-5-9-13/h3-5,8-9,12,14-15H,1-2,6-7,10-11H2,(H,18,22). The number of amides is 1. The van der Waals surface area contributed by atoms with Crippen LogP contribution >= 0.6 is 0 Å². The van der Waals surface area contributed by atoms with E-state index in [2.05, 4.69) is 20.8 Å². The van der Waals surface area contributed by atoms with Crippen molar-refractivity contribution in [3.05, 3.63) is 42.2 Å². The van der Waals surface area contributed by atoms with Gasteiger partial charge in [0.15, 0.2) is 6.04 Å². The minimum atomic E-state index is -0.514. The van der Waals surface area contributed by atoms with Crippen LogP contribution in [0, 0.1) is 0 Å². The number of hydrogen-bond donors (Lipinski definition) is 1. The van der Waals surface area contributed by atoms with Gasteiger partial charge in [0.1, 0.15) is 6.33 Å². The first-order valence-corrected chi connectivity index (χ1v) is 7.92. The second-order valence-corrected chi connectivity index (χ2v) is 5.80. The van der Waals surface area contributed by atoms with Crippen molar-refractivity contribution in [1.29, 1.82) is 0 Å². The highest BCUT2D eigenvalue weighted by atomic mass is 16.2. The first-order valence-electron chi connectivity index (χ1n) is 7.92. The number of aromatic nitrogens is 4. The lowest BCUT2D eigenvalue weighted by Crippen LogP contribution is -2.40. The molecule has 2 aromatic rings. The summed E-state index contributed by atoms with van der Waals surface area (Å²) in [6.07, 6.45) is 8.51. The van der Waals surface area contributed by atoms with Gasteiger partial charge in [0.2, 0.25) is 5.91 Å². The molecule has 3 rings (SSSR count). The third kappa shape index (κ3) is 3.50. The van der Waals surface area contributed by atoms with E-state index in [9.17, 15) is 4.79 Å². The van der Waals surface area contributed by atoms with E-state index < -0.39 is 6.04 Å². The largest absolute Gasteiger partial charge is 0.351 e. The van der Waals surface area contributed by atoms with E-state index in [0.29, 0.717) is 0 Å². The average Bonchev–Trinajstić information content (AvgIpc) is 2.93. The van der Waals surface area contributed by atoms with Crippen LogP contribution in [0.25, 0.3) is 0 Å². The van der Waals surface area contributed by atoms with Crippen LogP contribution in [0.15, 0.2) is 36.7 Å². The van der Waals surface area contributed by atoms with Gasteiger partial charge in [-0.25, -0.2) is 4.68 Å². The van der Waals surface area contributed by atoms with Crippen molar-refractivity contribution in [2.45, 2.75) is 50.6 Å². The Morgan fingerprint density at radius 1 is 1.14 bits per heavy atom. The molecule has 6 nitrogen and oxygen atoms in total. The summed E-state index contributed by atoms with van der Waals surface area (Å²) in [7, 11) is 0. The van der Waals surface area contributed by atoms with Crippen LogP contribution in [0.1, 0.15) is 50.1 Å². The van der Waals surface area contributed by atoms with Crippen molar-refractivity contribution in [3.8, 4) is 0 Å². The van der Waals surface area contributed by atoms with E-state index in [1.807, 2.05) is 30.3 Å². The van der Waals surface area contributed by atoms with Gasteiger partial charge in [0.25, 0.3) is 0 Å². The summed E-state index contributed by atoms with van der Waals surface area (Å²) < 4.78 is 1.52. The van der Waals surface area contributed by atoms with Crippen molar-refractivity contribution in [1.82, 2.24) is 25.5 Å². The highest BCUT2D eigenvalue weighted by molar-refractivity contribution is 5.83. The molecule has 1 heterocycles. The zero-order chi connectivity index (χ0) is 15.2. The fourth-order valence-corrected chi connectivity index (χ4v) is 3.05. The van der Waals surface area contributed by atoms with Crippen LogP contribution in [0.5, 0.6) is 0 Å². The number of carbonyl (C=O) groups is 1. The second kappa shape index (κ2) is 7.15. The van der Waals surface area contributed by atoms with Crippen LogP contribution in [-0.4, -0.2) is 32.2 Å². The Labute approximate surface area is 129 Å². The molecule has 0 aliphatic heterocycles. The van der Waals surface area contributed by atoms with Crippen molar-refractivity contribution in [2.24, 2.45) is 0 Å². The van der Waals surface area contributed by atoms with Crippen LogP contribution in [0.3, 0.4) is 0 Å². The summed E-state index contributed by atoms with van der Waals surface area (Å²) in [5, 5.41) is 14.4. The normalized spacial score (nSPS) is 17.6. The Kier molecular flexibility index (Phi) is 4.78. The lowest BCUT2D eigenvalue weighted by molar-refractivity contribution is -0.124. The molecule has 1 aliphatic carbocycles. The van der Waals surface area contributed by atoms with Gasteiger partial charge in [0.05, 0.1) is 0 Å². The third-order valence-corrected chi connectivity index (χ3v) is 4.19. The molecule has 1 fully saturated rings. The number of carbonyl (C=O) groups excluding carboxylic acids is 1. The lowest BCUT2D eigenvalue weighted by Gasteiger charge is -2.21. The molecule has 0 spiro atoms. The molecule has 1 amide bonds. The summed E-state index contributed by atoms with van der Waals surface area (Å²) in [5.41, 5.74) is 0.890. The van der Waals surface area contributed by atoms with E-state index in [1.165, 1.54) is 36.7 Å². The quantitative estimate of drug-likeness (QED) is 0.878. The van der Waals surface area contributed by atoms with Crippen LogP contribution < -0.4 is 5.32 Å². The van der Waals surface area contributed by atoms with Crippen molar-refractivity contribution in [2.75, 3.05) is 0 Å². The van der Waals surface area contributed by atoms with Gasteiger partial charge in [-0.2, -0.15) is 0 Å². The summed E-state index contributed by atoms with van der Waals surface area (Å²) in [5.74, 6) is -0.0367. The maximum atomic E-state index is 12.8. The SMILES string of the molecule is O=C(NC1CCCCCC1)C(c1ccccc1)n1cnnn1. The molecule has 6 heteroatoms. The Hall–Kier alpha value is -2.24. The first-order chi connectivity index (χ1) is 10.8. The molecule has 1 unspecified atom stereocenters. The number of nitrogens with one attached hydrogen (secondary N) is 1. The molecule has 1 atom stereocenters. The third-order valence-electron chi connectivity index (χ3n) is 4.19. The van der Waals surface area contributed by atoms with E-state index in [4.69, 9.17) is 0 Å².